The van der Waals surface area contributed by atoms with Crippen LogP contribution in [-0.4, -0.2) is 11.7 Å². The molecule has 0 saturated carbocycles. The first kappa shape index (κ1) is 15.2. The number of hydrogen-bond donors (Lipinski definition) is 2. The fourth-order valence-corrected chi connectivity index (χ4v) is 2.99. The fraction of sp³-hybridized carbons (Fsp3) is 0.200. The first-order valence-electron chi connectivity index (χ1n) is 6.24. The van der Waals surface area contributed by atoms with Crippen LogP contribution in [0.3, 0.4) is 0 Å². The third-order valence-corrected chi connectivity index (χ3v) is 3.93. The minimum atomic E-state index is 0.190. The number of hydrogen-bond acceptors (Lipinski definition) is 3. The van der Waals surface area contributed by atoms with Crippen molar-refractivity contribution >= 4 is 37.5 Å². The third-order valence-electron chi connectivity index (χ3n) is 2.78. The second kappa shape index (κ2) is 6.99. The van der Waals surface area contributed by atoms with Gasteiger partial charge in [0.05, 0.1) is 6.61 Å². The van der Waals surface area contributed by atoms with Crippen molar-refractivity contribution in [3.8, 4) is 11.5 Å². The van der Waals surface area contributed by atoms with Crippen LogP contribution in [0, 0.1) is 0 Å². The third kappa shape index (κ3) is 3.67. The maximum absolute atomic E-state index is 10.1. The number of ether oxygens (including phenoxy) is 1. The number of anilines is 1. The van der Waals surface area contributed by atoms with E-state index in [4.69, 9.17) is 4.74 Å². The predicted molar refractivity (Wildman–Crippen MR) is 88.4 cm³/mol. The lowest BCUT2D eigenvalue weighted by Crippen LogP contribution is -2.01. The van der Waals surface area contributed by atoms with Crippen molar-refractivity contribution in [1.29, 1.82) is 0 Å². The predicted octanol–water partition coefficient (Wildman–Crippen LogP) is 4.93. The molecule has 0 aliphatic carbocycles. The Morgan fingerprint density at radius 1 is 1.20 bits per heavy atom. The van der Waals surface area contributed by atoms with E-state index in [-0.39, 0.29) is 5.75 Å². The molecule has 0 bridgehead atoms. The maximum atomic E-state index is 10.1. The molecule has 0 fully saturated rings. The highest BCUT2D eigenvalue weighted by Gasteiger charge is 2.08. The van der Waals surface area contributed by atoms with Crippen LogP contribution < -0.4 is 10.1 Å². The fourth-order valence-electron chi connectivity index (χ4n) is 1.81. The molecule has 0 spiro atoms. The molecule has 2 rings (SSSR count). The van der Waals surface area contributed by atoms with E-state index in [9.17, 15) is 5.11 Å². The molecule has 0 aliphatic heterocycles. The summed E-state index contributed by atoms with van der Waals surface area (Å²) in [6, 6.07) is 11.4. The monoisotopic (exact) mass is 399 g/mol. The van der Waals surface area contributed by atoms with Crippen LogP contribution in [0.4, 0.5) is 5.69 Å². The van der Waals surface area contributed by atoms with E-state index < -0.39 is 0 Å². The second-order valence-corrected chi connectivity index (χ2v) is 5.94. The van der Waals surface area contributed by atoms with Crippen molar-refractivity contribution in [2.24, 2.45) is 0 Å². The van der Waals surface area contributed by atoms with E-state index in [2.05, 4.69) is 37.2 Å². The molecule has 106 valence electrons. The van der Waals surface area contributed by atoms with Gasteiger partial charge in [-0.3, -0.25) is 0 Å². The molecule has 2 N–H and O–H groups in total. The Morgan fingerprint density at radius 2 is 2.00 bits per heavy atom. The Balaban J connectivity index is 2.12. The molecule has 0 atom stereocenters. The molecular formula is C15H15Br2NO2. The average molecular weight is 401 g/mol. The molecule has 0 aliphatic rings. The summed E-state index contributed by atoms with van der Waals surface area (Å²) in [6.07, 6.45) is 0. The number of para-hydroxylation sites is 1. The first-order valence-corrected chi connectivity index (χ1v) is 7.83. The topological polar surface area (TPSA) is 41.5 Å². The highest BCUT2D eigenvalue weighted by molar-refractivity contribution is 9.11. The molecular weight excluding hydrogens is 386 g/mol. The van der Waals surface area contributed by atoms with Crippen molar-refractivity contribution in [3.05, 3.63) is 50.9 Å². The first-order chi connectivity index (χ1) is 9.61. The lowest BCUT2D eigenvalue weighted by atomic mass is 10.2. The Bertz CT molecular complexity index is 602. The van der Waals surface area contributed by atoms with E-state index in [1.807, 2.05) is 37.3 Å². The molecule has 5 heteroatoms. The van der Waals surface area contributed by atoms with Crippen LogP contribution in [-0.2, 0) is 6.54 Å². The highest BCUT2D eigenvalue weighted by Crippen LogP contribution is 2.31. The van der Waals surface area contributed by atoms with Gasteiger partial charge in [0.1, 0.15) is 0 Å². The summed E-state index contributed by atoms with van der Waals surface area (Å²) in [6.45, 7) is 2.94. The summed E-state index contributed by atoms with van der Waals surface area (Å²) in [5, 5.41) is 13.4. The second-order valence-electron chi connectivity index (χ2n) is 4.17. The lowest BCUT2D eigenvalue weighted by molar-refractivity contribution is 0.317. The zero-order valence-corrected chi connectivity index (χ0v) is 14.2. The molecule has 0 saturated heterocycles. The largest absolute Gasteiger partial charge is 0.504 e. The van der Waals surface area contributed by atoms with Crippen molar-refractivity contribution in [2.75, 3.05) is 11.9 Å². The summed E-state index contributed by atoms with van der Waals surface area (Å²) in [5.41, 5.74) is 1.76. The number of rotatable bonds is 5. The van der Waals surface area contributed by atoms with Crippen molar-refractivity contribution in [2.45, 2.75) is 13.5 Å². The molecule has 2 aromatic rings. The van der Waals surface area contributed by atoms with Crippen LogP contribution in [0.15, 0.2) is 45.3 Å². The Hall–Kier alpha value is -1.20. The van der Waals surface area contributed by atoms with Crippen LogP contribution in [0.1, 0.15) is 12.5 Å². The SMILES string of the molecule is CCOc1cccc(CNc2ccc(Br)cc2Br)c1O. The molecule has 0 unspecified atom stereocenters. The van der Waals surface area contributed by atoms with Crippen LogP contribution in [0.5, 0.6) is 11.5 Å². The van der Waals surface area contributed by atoms with Crippen LogP contribution in [0.2, 0.25) is 0 Å². The van der Waals surface area contributed by atoms with E-state index in [1.165, 1.54) is 0 Å². The maximum Gasteiger partial charge on any atom is 0.162 e. The van der Waals surface area contributed by atoms with E-state index >= 15 is 0 Å². The summed E-state index contributed by atoms with van der Waals surface area (Å²) in [7, 11) is 0. The number of benzene rings is 2. The smallest absolute Gasteiger partial charge is 0.162 e. The van der Waals surface area contributed by atoms with Crippen molar-refractivity contribution in [1.82, 2.24) is 0 Å². The van der Waals surface area contributed by atoms with Crippen molar-refractivity contribution < 1.29 is 9.84 Å². The van der Waals surface area contributed by atoms with Gasteiger partial charge in [-0.1, -0.05) is 28.1 Å². The normalized spacial score (nSPS) is 10.3. The number of halogens is 2. The van der Waals surface area contributed by atoms with E-state index in [0.717, 1.165) is 20.2 Å². The van der Waals surface area contributed by atoms with Crippen molar-refractivity contribution in [3.63, 3.8) is 0 Å². The molecule has 0 radical (unpaired) electrons. The molecule has 3 nitrogen and oxygen atoms in total. The van der Waals surface area contributed by atoms with Gasteiger partial charge >= 0.3 is 0 Å². The van der Waals surface area contributed by atoms with E-state index in [0.29, 0.717) is 18.9 Å². The molecule has 0 amide bonds. The number of aromatic hydroxyl groups is 1. The van der Waals surface area contributed by atoms with Gasteiger partial charge < -0.3 is 15.2 Å². The molecule has 2 aromatic carbocycles. The highest BCUT2D eigenvalue weighted by atomic mass is 79.9. The summed E-state index contributed by atoms with van der Waals surface area (Å²) in [5.74, 6) is 0.705. The summed E-state index contributed by atoms with van der Waals surface area (Å²) >= 11 is 6.92. The van der Waals surface area contributed by atoms with Gasteiger partial charge in [-0.25, -0.2) is 0 Å². The zero-order valence-electron chi connectivity index (χ0n) is 11.0. The Kier molecular flexibility index (Phi) is 5.31. The van der Waals surface area contributed by atoms with Gasteiger partial charge in [-0.2, -0.15) is 0 Å². The van der Waals surface area contributed by atoms with Gasteiger partial charge in [0, 0.05) is 26.7 Å². The molecule has 0 heterocycles. The zero-order chi connectivity index (χ0) is 14.5. The minimum absolute atomic E-state index is 0.190. The lowest BCUT2D eigenvalue weighted by Gasteiger charge is -2.12. The van der Waals surface area contributed by atoms with Gasteiger partial charge in [0.25, 0.3) is 0 Å². The number of phenols is 1. The van der Waals surface area contributed by atoms with Gasteiger partial charge in [-0.15, -0.1) is 0 Å². The summed E-state index contributed by atoms with van der Waals surface area (Å²) in [4.78, 5) is 0. The minimum Gasteiger partial charge on any atom is -0.504 e. The average Bonchev–Trinajstić information content (AvgIpc) is 2.42. The number of nitrogens with one attached hydrogen (secondary N) is 1. The molecule has 0 aromatic heterocycles. The Morgan fingerprint density at radius 3 is 2.70 bits per heavy atom. The van der Waals surface area contributed by atoms with Crippen LogP contribution in [0.25, 0.3) is 0 Å². The van der Waals surface area contributed by atoms with Gasteiger partial charge in [0.2, 0.25) is 0 Å². The van der Waals surface area contributed by atoms with Gasteiger partial charge in [-0.05, 0) is 47.1 Å². The molecule has 20 heavy (non-hydrogen) atoms. The Labute approximate surface area is 135 Å². The number of phenolic OH excluding ortho intramolecular Hbond substituents is 1. The van der Waals surface area contributed by atoms with Crippen LogP contribution >= 0.6 is 31.9 Å². The standard InChI is InChI=1S/C15H15Br2NO2/c1-2-20-14-5-3-4-10(15(14)19)9-18-13-7-6-11(16)8-12(13)17/h3-8,18-19H,2,9H2,1H3. The van der Waals surface area contributed by atoms with Gasteiger partial charge in [0.15, 0.2) is 11.5 Å². The summed E-state index contributed by atoms with van der Waals surface area (Å²) < 4.78 is 7.35. The quantitative estimate of drug-likeness (QED) is 0.747. The van der Waals surface area contributed by atoms with E-state index in [1.54, 1.807) is 6.07 Å².